The largest absolute Gasteiger partial charge is 0.464 e. The highest BCUT2D eigenvalue weighted by Crippen LogP contribution is 2.62. The summed E-state index contributed by atoms with van der Waals surface area (Å²) in [6.45, 7) is 5.29. The Hall–Kier alpha value is -5.74. The predicted octanol–water partition coefficient (Wildman–Crippen LogP) is 5.00. The zero-order valence-corrected chi connectivity index (χ0v) is 28.2. The van der Waals surface area contributed by atoms with E-state index in [0.717, 1.165) is 11.1 Å². The van der Waals surface area contributed by atoms with Crippen LogP contribution in [0.5, 0.6) is 0 Å². The highest BCUT2D eigenvalue weighted by Gasteiger charge is 2.80. The second-order valence-corrected chi connectivity index (χ2v) is 13.0. The number of nitrogens with zero attached hydrogens (tertiary/aromatic N) is 2. The molecule has 10 heteroatoms. The molecular formula is C40H36N4O6. The summed E-state index contributed by atoms with van der Waals surface area (Å²) in [5.74, 6) is -3.00. The molecule has 3 aliphatic heterocycles. The molecule has 2 spiro atoms. The Morgan fingerprint density at radius 3 is 2.04 bits per heavy atom. The molecule has 4 aromatic carbocycles. The number of H-pyrrole nitrogens is 1. The van der Waals surface area contributed by atoms with E-state index in [-0.39, 0.29) is 19.8 Å². The average Bonchev–Trinajstić information content (AvgIpc) is 3.70. The minimum Gasteiger partial charge on any atom is -0.464 e. The van der Waals surface area contributed by atoms with Crippen molar-refractivity contribution in [3.05, 3.63) is 131 Å². The normalized spacial score (nSPS) is 21.4. The van der Waals surface area contributed by atoms with Crippen LogP contribution in [0.2, 0.25) is 0 Å². The van der Waals surface area contributed by atoms with Crippen molar-refractivity contribution in [1.29, 1.82) is 0 Å². The third kappa shape index (κ3) is 3.71. The Morgan fingerprint density at radius 2 is 1.34 bits per heavy atom. The molecule has 2 amide bonds. The molecule has 4 heterocycles. The Bertz CT molecular complexity index is 2240. The predicted molar refractivity (Wildman–Crippen MR) is 188 cm³/mol. The van der Waals surface area contributed by atoms with Crippen LogP contribution in [-0.2, 0) is 46.2 Å². The van der Waals surface area contributed by atoms with Gasteiger partial charge in [-0.05, 0) is 55.7 Å². The minimum absolute atomic E-state index is 0.0961. The standard InChI is InChI=1S/C40H36N4O6/c1-5-49-36(47)40(37(48)50-6-2)38(27-18-10-13-21-30(27)43(4)34(38)45)32-26-17-9-12-20-29(26)41-33(32)39(42-40)28-19-11-14-22-31(28)44(35(39)46)23-25-16-8-7-15-24(25)3/h7-22,41-42H,5-6,23H2,1-4H3/t38-,39-/m1/s1. The van der Waals surface area contributed by atoms with Gasteiger partial charge in [-0.15, -0.1) is 0 Å². The number of ether oxygens (including phenoxy) is 2. The van der Waals surface area contributed by atoms with Gasteiger partial charge < -0.3 is 24.3 Å². The second-order valence-electron chi connectivity index (χ2n) is 13.0. The van der Waals surface area contributed by atoms with Crippen LogP contribution in [0.15, 0.2) is 97.1 Å². The van der Waals surface area contributed by atoms with Gasteiger partial charge >= 0.3 is 11.9 Å². The first-order valence-electron chi connectivity index (χ1n) is 16.8. The van der Waals surface area contributed by atoms with E-state index in [4.69, 9.17) is 9.47 Å². The number of aromatic amines is 1. The van der Waals surface area contributed by atoms with Crippen molar-refractivity contribution >= 4 is 46.0 Å². The molecule has 1 aromatic heterocycles. The number of carbonyl (C=O) groups is 4. The number of anilines is 2. The number of amides is 2. The lowest BCUT2D eigenvalue weighted by Crippen LogP contribution is -2.81. The number of hydrogen-bond acceptors (Lipinski definition) is 7. The van der Waals surface area contributed by atoms with E-state index in [1.54, 1.807) is 50.1 Å². The van der Waals surface area contributed by atoms with Crippen molar-refractivity contribution in [2.75, 3.05) is 30.1 Å². The molecule has 0 saturated carbocycles. The lowest BCUT2D eigenvalue weighted by molar-refractivity contribution is -0.174. The molecule has 252 valence electrons. The number of carbonyl (C=O) groups excluding carboxylic acids is 4. The molecule has 2 N–H and O–H groups in total. The fourth-order valence-corrected chi connectivity index (χ4v) is 8.50. The number of esters is 2. The summed E-state index contributed by atoms with van der Waals surface area (Å²) in [5.41, 5.74) is -1.13. The molecule has 0 bridgehead atoms. The Labute approximate surface area is 289 Å². The Kier molecular flexibility index (Phi) is 7.03. The summed E-state index contributed by atoms with van der Waals surface area (Å²) in [7, 11) is 1.62. The number of fused-ring (bicyclic) bond motifs is 9. The van der Waals surface area contributed by atoms with Crippen molar-refractivity contribution in [2.24, 2.45) is 0 Å². The number of hydrogen-bond donors (Lipinski definition) is 2. The first kappa shape index (κ1) is 31.5. The van der Waals surface area contributed by atoms with Gasteiger partial charge in [0.1, 0.15) is 5.41 Å². The topological polar surface area (TPSA) is 121 Å². The summed E-state index contributed by atoms with van der Waals surface area (Å²) in [6.07, 6.45) is 0. The summed E-state index contributed by atoms with van der Waals surface area (Å²) < 4.78 is 11.6. The van der Waals surface area contributed by atoms with Crippen LogP contribution < -0.4 is 15.1 Å². The zero-order chi connectivity index (χ0) is 35.0. The minimum atomic E-state index is -2.56. The molecule has 3 aliphatic rings. The average molecular weight is 669 g/mol. The second kappa shape index (κ2) is 11.1. The number of aryl methyl sites for hydroxylation is 1. The first-order valence-corrected chi connectivity index (χ1v) is 16.8. The number of rotatable bonds is 6. The van der Waals surface area contributed by atoms with E-state index in [9.17, 15) is 0 Å². The lowest BCUT2D eigenvalue weighted by atomic mass is 9.55. The summed E-state index contributed by atoms with van der Waals surface area (Å²) in [6, 6.07) is 29.7. The molecule has 50 heavy (non-hydrogen) atoms. The van der Waals surface area contributed by atoms with Gasteiger partial charge in [-0.3, -0.25) is 14.9 Å². The number of likely N-dealkylation sites (N-methyl/N-ethyl adjacent to an activating group) is 1. The highest BCUT2D eigenvalue weighted by atomic mass is 16.6. The van der Waals surface area contributed by atoms with Gasteiger partial charge in [0, 0.05) is 34.8 Å². The molecule has 0 fully saturated rings. The lowest BCUT2D eigenvalue weighted by Gasteiger charge is -2.52. The van der Waals surface area contributed by atoms with Crippen molar-refractivity contribution in [1.82, 2.24) is 10.3 Å². The molecule has 8 rings (SSSR count). The van der Waals surface area contributed by atoms with Gasteiger partial charge in [-0.25, -0.2) is 9.59 Å². The maximum absolute atomic E-state index is 15.6. The van der Waals surface area contributed by atoms with E-state index in [1.807, 2.05) is 79.7 Å². The quantitative estimate of drug-likeness (QED) is 0.193. The SMILES string of the molecule is CCOC(=O)C1(C(=O)OCC)N[C@@]2(C(=O)N(Cc3ccccc3C)c3ccccc32)c2[nH]c3ccccc3c2[C@]12C(=O)N(C)c1ccccc12. The van der Waals surface area contributed by atoms with Crippen molar-refractivity contribution in [3.63, 3.8) is 0 Å². The van der Waals surface area contributed by atoms with Crippen LogP contribution in [0.25, 0.3) is 10.9 Å². The smallest absolute Gasteiger partial charge is 0.340 e. The maximum atomic E-state index is 15.6. The van der Waals surface area contributed by atoms with E-state index < -0.39 is 40.2 Å². The van der Waals surface area contributed by atoms with Crippen LogP contribution >= 0.6 is 0 Å². The number of aromatic nitrogens is 1. The van der Waals surface area contributed by atoms with Crippen molar-refractivity contribution in [3.8, 4) is 0 Å². The van der Waals surface area contributed by atoms with E-state index in [2.05, 4.69) is 10.3 Å². The van der Waals surface area contributed by atoms with Gasteiger partial charge in [0.15, 0.2) is 5.54 Å². The summed E-state index contributed by atoms with van der Waals surface area (Å²) in [5, 5.41) is 3.96. The van der Waals surface area contributed by atoms with E-state index in [1.165, 1.54) is 4.90 Å². The molecule has 0 unspecified atom stereocenters. The van der Waals surface area contributed by atoms with Gasteiger partial charge in [-0.2, -0.15) is 0 Å². The fourth-order valence-electron chi connectivity index (χ4n) is 8.50. The van der Waals surface area contributed by atoms with Crippen LogP contribution in [-0.4, -0.2) is 54.5 Å². The van der Waals surface area contributed by atoms with E-state index in [0.29, 0.717) is 44.7 Å². The molecule has 10 nitrogen and oxygen atoms in total. The molecular weight excluding hydrogens is 632 g/mol. The van der Waals surface area contributed by atoms with Crippen LogP contribution in [0, 0.1) is 6.92 Å². The third-order valence-electron chi connectivity index (χ3n) is 10.6. The Morgan fingerprint density at radius 1 is 0.740 bits per heavy atom. The fraction of sp³-hybridized carbons (Fsp3) is 0.250. The van der Waals surface area contributed by atoms with Gasteiger partial charge in [0.05, 0.1) is 31.1 Å². The van der Waals surface area contributed by atoms with E-state index >= 15 is 19.2 Å². The van der Waals surface area contributed by atoms with Crippen LogP contribution in [0.1, 0.15) is 47.4 Å². The van der Waals surface area contributed by atoms with Crippen molar-refractivity contribution < 1.29 is 28.7 Å². The third-order valence-corrected chi connectivity index (χ3v) is 10.6. The maximum Gasteiger partial charge on any atom is 0.340 e. The highest BCUT2D eigenvalue weighted by molar-refractivity contribution is 6.25. The molecule has 0 radical (unpaired) electrons. The summed E-state index contributed by atoms with van der Waals surface area (Å²) in [4.78, 5) is 67.6. The molecule has 5 aromatic rings. The Balaban J connectivity index is 1.55. The van der Waals surface area contributed by atoms with Gasteiger partial charge in [0.25, 0.3) is 5.91 Å². The van der Waals surface area contributed by atoms with Crippen molar-refractivity contribution in [2.45, 2.75) is 43.8 Å². The number of nitrogens with one attached hydrogen (secondary N) is 2. The van der Waals surface area contributed by atoms with Crippen LogP contribution in [0.4, 0.5) is 11.4 Å². The number of para-hydroxylation sites is 3. The summed E-state index contributed by atoms with van der Waals surface area (Å²) >= 11 is 0. The van der Waals surface area contributed by atoms with Gasteiger partial charge in [0.2, 0.25) is 11.4 Å². The molecule has 2 atom stereocenters. The van der Waals surface area contributed by atoms with Crippen LogP contribution in [0.3, 0.4) is 0 Å². The monoisotopic (exact) mass is 668 g/mol. The first-order chi connectivity index (χ1) is 24.2. The van der Waals surface area contributed by atoms with Gasteiger partial charge in [-0.1, -0.05) is 78.9 Å². The number of benzene rings is 4. The zero-order valence-electron chi connectivity index (χ0n) is 28.2. The molecule has 0 aliphatic carbocycles. The molecule has 0 saturated heterocycles.